The Bertz CT molecular complexity index is 331. The van der Waals surface area contributed by atoms with E-state index in [4.69, 9.17) is 0 Å². The molecule has 0 atom stereocenters. The summed E-state index contributed by atoms with van der Waals surface area (Å²) in [5.41, 5.74) is -1.01. The average molecular weight is 254 g/mol. The molecule has 1 saturated heterocycles. The van der Waals surface area contributed by atoms with E-state index in [1.165, 1.54) is 0 Å². The zero-order valence-electron chi connectivity index (χ0n) is 10.9. The van der Waals surface area contributed by atoms with Crippen LogP contribution in [0.15, 0.2) is 0 Å². The van der Waals surface area contributed by atoms with E-state index >= 15 is 0 Å². The number of amides is 1. The van der Waals surface area contributed by atoms with Crippen LogP contribution < -0.4 is 10.6 Å². The molecule has 5 nitrogen and oxygen atoms in total. The Balaban J connectivity index is 1.92. The van der Waals surface area contributed by atoms with Gasteiger partial charge in [0.25, 0.3) is 0 Å². The number of carboxylic acid groups (broad SMARTS) is 1. The Morgan fingerprint density at radius 3 is 2.39 bits per heavy atom. The number of carbonyl (C=O) groups is 2. The topological polar surface area (TPSA) is 78.4 Å². The first kappa shape index (κ1) is 13.3. The predicted molar refractivity (Wildman–Crippen MR) is 67.1 cm³/mol. The summed E-state index contributed by atoms with van der Waals surface area (Å²) in [4.78, 5) is 23.4. The zero-order valence-corrected chi connectivity index (χ0v) is 10.9. The molecule has 0 spiro atoms. The van der Waals surface area contributed by atoms with E-state index in [-0.39, 0.29) is 5.91 Å². The first-order chi connectivity index (χ1) is 8.52. The van der Waals surface area contributed by atoms with Crippen molar-refractivity contribution in [2.75, 3.05) is 13.1 Å². The van der Waals surface area contributed by atoms with Crippen molar-refractivity contribution < 1.29 is 14.7 Å². The van der Waals surface area contributed by atoms with Gasteiger partial charge in [-0.25, -0.2) is 4.79 Å². The molecule has 2 rings (SSSR count). The van der Waals surface area contributed by atoms with Gasteiger partial charge in [-0.1, -0.05) is 6.92 Å². The molecule has 1 aliphatic carbocycles. The molecular weight excluding hydrogens is 232 g/mol. The molecule has 3 N–H and O–H groups in total. The highest BCUT2D eigenvalue weighted by molar-refractivity contribution is 5.87. The van der Waals surface area contributed by atoms with Crippen molar-refractivity contribution in [1.29, 1.82) is 0 Å². The number of hydrogen-bond donors (Lipinski definition) is 3. The van der Waals surface area contributed by atoms with Crippen LogP contribution in [0.2, 0.25) is 0 Å². The largest absolute Gasteiger partial charge is 0.480 e. The van der Waals surface area contributed by atoms with Gasteiger partial charge in [-0.3, -0.25) is 4.79 Å². The van der Waals surface area contributed by atoms with Gasteiger partial charge < -0.3 is 15.7 Å². The quantitative estimate of drug-likeness (QED) is 0.691. The van der Waals surface area contributed by atoms with Gasteiger partial charge in [-0.2, -0.15) is 0 Å². The molecule has 102 valence electrons. The minimum atomic E-state index is -1.01. The molecule has 18 heavy (non-hydrogen) atoms. The molecule has 0 aromatic carbocycles. The number of nitrogens with one attached hydrogen (secondary N) is 2. The van der Waals surface area contributed by atoms with E-state index < -0.39 is 11.5 Å². The second-order valence-corrected chi connectivity index (χ2v) is 5.85. The number of hydrogen-bond acceptors (Lipinski definition) is 3. The van der Waals surface area contributed by atoms with Crippen molar-refractivity contribution in [2.24, 2.45) is 11.8 Å². The molecular formula is C13H22N2O3. The number of aliphatic carboxylic acids is 1. The highest BCUT2D eigenvalue weighted by Gasteiger charge is 2.42. The van der Waals surface area contributed by atoms with E-state index in [9.17, 15) is 14.7 Å². The van der Waals surface area contributed by atoms with Crippen molar-refractivity contribution in [3.8, 4) is 0 Å². The lowest BCUT2D eigenvalue weighted by atomic mass is 9.77. The highest BCUT2D eigenvalue weighted by Crippen LogP contribution is 2.32. The summed E-state index contributed by atoms with van der Waals surface area (Å²) in [6.45, 7) is 3.86. The number of carbonyl (C=O) groups excluding carboxylic acids is 1. The summed E-state index contributed by atoms with van der Waals surface area (Å²) in [5.74, 6) is -0.0588. The number of carboxylic acids is 1. The maximum atomic E-state index is 11.9. The van der Waals surface area contributed by atoms with Crippen LogP contribution in [-0.2, 0) is 9.59 Å². The first-order valence-corrected chi connectivity index (χ1v) is 6.77. The van der Waals surface area contributed by atoms with Crippen LogP contribution in [0.5, 0.6) is 0 Å². The SMILES string of the molecule is CC1CCC(NC(=O)CC2CNC2)(C(=O)O)CC1. The smallest absolute Gasteiger partial charge is 0.329 e. The van der Waals surface area contributed by atoms with E-state index in [1.54, 1.807) is 0 Å². The minimum absolute atomic E-state index is 0.113. The fourth-order valence-electron chi connectivity index (χ4n) is 2.72. The Morgan fingerprint density at radius 2 is 1.94 bits per heavy atom. The fraction of sp³-hybridized carbons (Fsp3) is 0.846. The van der Waals surface area contributed by atoms with Gasteiger partial charge in [-0.05, 0) is 50.6 Å². The monoisotopic (exact) mass is 254 g/mol. The molecule has 5 heteroatoms. The summed E-state index contributed by atoms with van der Waals surface area (Å²) < 4.78 is 0. The Labute approximate surface area is 107 Å². The van der Waals surface area contributed by atoms with Crippen LogP contribution in [0, 0.1) is 11.8 Å². The third kappa shape index (κ3) is 2.83. The molecule has 0 radical (unpaired) electrons. The molecule has 1 aliphatic heterocycles. The fourth-order valence-corrected chi connectivity index (χ4v) is 2.72. The Hall–Kier alpha value is -1.10. The van der Waals surface area contributed by atoms with Crippen LogP contribution in [-0.4, -0.2) is 35.6 Å². The Kier molecular flexibility index (Phi) is 3.90. The number of rotatable bonds is 4. The predicted octanol–water partition coefficient (Wildman–Crippen LogP) is 0.746. The molecule has 1 saturated carbocycles. The maximum absolute atomic E-state index is 11.9. The van der Waals surface area contributed by atoms with Crippen LogP contribution in [0.4, 0.5) is 0 Å². The first-order valence-electron chi connectivity index (χ1n) is 6.77. The summed E-state index contributed by atoms with van der Waals surface area (Å²) in [5, 5.41) is 15.3. The van der Waals surface area contributed by atoms with Crippen LogP contribution >= 0.6 is 0 Å². The molecule has 0 bridgehead atoms. The minimum Gasteiger partial charge on any atom is -0.480 e. The van der Waals surface area contributed by atoms with Crippen molar-refractivity contribution in [1.82, 2.24) is 10.6 Å². The molecule has 0 aromatic heterocycles. The lowest BCUT2D eigenvalue weighted by Gasteiger charge is -2.37. The molecule has 0 aromatic rings. The van der Waals surface area contributed by atoms with Gasteiger partial charge >= 0.3 is 5.97 Å². The van der Waals surface area contributed by atoms with Crippen LogP contribution in [0.3, 0.4) is 0 Å². The average Bonchev–Trinajstić information content (AvgIpc) is 2.27. The molecule has 2 fully saturated rings. The van der Waals surface area contributed by atoms with Crippen molar-refractivity contribution in [3.63, 3.8) is 0 Å². The zero-order chi connectivity index (χ0) is 13.2. The summed E-state index contributed by atoms with van der Waals surface area (Å²) >= 11 is 0. The second-order valence-electron chi connectivity index (χ2n) is 5.85. The lowest BCUT2D eigenvalue weighted by molar-refractivity contribution is -0.149. The van der Waals surface area contributed by atoms with Gasteiger partial charge in [0.1, 0.15) is 5.54 Å². The van der Waals surface area contributed by atoms with Gasteiger partial charge in [0.2, 0.25) is 5.91 Å². The van der Waals surface area contributed by atoms with E-state index in [2.05, 4.69) is 17.6 Å². The van der Waals surface area contributed by atoms with Crippen molar-refractivity contribution in [2.45, 2.75) is 44.6 Å². The third-order valence-corrected chi connectivity index (χ3v) is 4.26. The van der Waals surface area contributed by atoms with Gasteiger partial charge in [-0.15, -0.1) is 0 Å². The standard InChI is InChI=1S/C13H22N2O3/c1-9-2-4-13(5-3-9,12(17)18)15-11(16)6-10-7-14-8-10/h9-10,14H,2-8H2,1H3,(H,15,16)(H,17,18). The second kappa shape index (κ2) is 5.26. The van der Waals surface area contributed by atoms with Crippen molar-refractivity contribution in [3.05, 3.63) is 0 Å². The van der Waals surface area contributed by atoms with Gasteiger partial charge in [0.15, 0.2) is 0 Å². The molecule has 1 heterocycles. The molecule has 0 unspecified atom stereocenters. The van der Waals surface area contributed by atoms with E-state index in [0.717, 1.165) is 25.9 Å². The lowest BCUT2D eigenvalue weighted by Crippen LogP contribution is -2.57. The van der Waals surface area contributed by atoms with Crippen LogP contribution in [0.1, 0.15) is 39.0 Å². The summed E-state index contributed by atoms with van der Waals surface area (Å²) in [7, 11) is 0. The third-order valence-electron chi connectivity index (χ3n) is 4.26. The summed E-state index contributed by atoms with van der Waals surface area (Å²) in [6.07, 6.45) is 3.29. The Morgan fingerprint density at radius 1 is 1.33 bits per heavy atom. The van der Waals surface area contributed by atoms with E-state index in [1.807, 2.05) is 0 Å². The highest BCUT2D eigenvalue weighted by atomic mass is 16.4. The maximum Gasteiger partial charge on any atom is 0.329 e. The van der Waals surface area contributed by atoms with E-state index in [0.29, 0.717) is 31.1 Å². The van der Waals surface area contributed by atoms with Gasteiger partial charge in [0.05, 0.1) is 0 Å². The van der Waals surface area contributed by atoms with Gasteiger partial charge in [0, 0.05) is 6.42 Å². The van der Waals surface area contributed by atoms with Crippen LogP contribution in [0.25, 0.3) is 0 Å². The molecule has 1 amide bonds. The van der Waals surface area contributed by atoms with Crippen molar-refractivity contribution >= 4 is 11.9 Å². The summed E-state index contributed by atoms with van der Waals surface area (Å²) in [6, 6.07) is 0. The molecule has 2 aliphatic rings. The normalized spacial score (nSPS) is 32.6.